The summed E-state index contributed by atoms with van der Waals surface area (Å²) >= 11 is 0. The molecule has 7 heterocycles. The van der Waals surface area contributed by atoms with Crippen molar-refractivity contribution in [3.05, 3.63) is 466 Å². The van der Waals surface area contributed by atoms with Crippen LogP contribution in [-0.4, -0.2) is 53.6 Å². The Morgan fingerprint density at radius 3 is 0.886 bits per heavy atom. The van der Waals surface area contributed by atoms with Gasteiger partial charge in [-0.2, -0.15) is 0 Å². The van der Waals surface area contributed by atoms with Gasteiger partial charge in [0.05, 0.1) is 90.0 Å². The highest BCUT2D eigenvalue weighted by Crippen LogP contribution is 2.54. The van der Waals surface area contributed by atoms with Crippen LogP contribution in [0.4, 0.5) is 0 Å². The van der Waals surface area contributed by atoms with E-state index in [2.05, 4.69) is 398 Å². The molecule has 132 heavy (non-hydrogen) atoms. The van der Waals surface area contributed by atoms with E-state index in [-0.39, 0.29) is 5.41 Å². The van der Waals surface area contributed by atoms with Gasteiger partial charge in [0.15, 0.2) is 23.3 Å². The number of aromatic nitrogens is 11. The maximum absolute atomic E-state index is 5.45. The van der Waals surface area contributed by atoms with Crippen LogP contribution in [0.25, 0.3) is 229 Å². The van der Waals surface area contributed by atoms with Crippen LogP contribution in [-0.2, 0) is 5.41 Å². The number of hydrogen-bond acceptors (Lipinski definition) is 8. The molecule has 0 N–H and O–H groups in total. The molecule has 25 rings (SSSR count). The molecule has 0 bridgehead atoms. The van der Waals surface area contributed by atoms with Gasteiger partial charge in [0, 0.05) is 110 Å². The fraction of sp³-hybridized carbons (Fsp3) is 0.0248. The van der Waals surface area contributed by atoms with Crippen molar-refractivity contribution < 1.29 is 0 Å². The van der Waals surface area contributed by atoms with E-state index in [0.717, 1.165) is 168 Å². The van der Waals surface area contributed by atoms with Gasteiger partial charge in [-0.25, -0.2) is 39.9 Å². The maximum atomic E-state index is 5.45. The van der Waals surface area contributed by atoms with Crippen molar-refractivity contribution in [2.45, 2.75) is 19.3 Å². The second-order valence-corrected chi connectivity index (χ2v) is 34.0. The predicted octanol–water partition coefficient (Wildman–Crippen LogP) is 30.1. The molecule has 1 aliphatic rings. The average molecular weight is 1690 g/mol. The highest BCUT2D eigenvalue weighted by Gasteiger charge is 2.38. The minimum absolute atomic E-state index is 0.133. The number of fused-ring (bicyclic) bond motifs is 14. The predicted molar refractivity (Wildman–Crippen MR) is 541 cm³/mol. The van der Waals surface area contributed by atoms with Gasteiger partial charge < -0.3 is 13.7 Å². The Morgan fingerprint density at radius 1 is 0.182 bits per heavy atom. The Balaban J connectivity index is 0.000000146. The molecule has 7 aromatic heterocycles. The summed E-state index contributed by atoms with van der Waals surface area (Å²) < 4.78 is 7.22. The third-order valence-corrected chi connectivity index (χ3v) is 25.8. The fourth-order valence-corrected chi connectivity index (χ4v) is 19.6. The summed E-state index contributed by atoms with van der Waals surface area (Å²) in [5.41, 5.74) is 33.2. The summed E-state index contributed by atoms with van der Waals surface area (Å²) in [6, 6.07) is 159. The van der Waals surface area contributed by atoms with Crippen LogP contribution in [0, 0.1) is 0 Å². The van der Waals surface area contributed by atoms with Gasteiger partial charge in [-0.05, 0) is 131 Å². The number of hydrogen-bond donors (Lipinski definition) is 0. The SMILES string of the molecule is CC1(C)c2ccccc2-c2c1ccc1c2c2ccccc2n1-c1ccc(-c2nc(-c3ccccc3)cc(-c3ccccc3)n2)cc1-c1cc(-c2ccccc2)nc(-c2ccccc2)n1.c1ccc(-c2cc(-c3ccccc3)nc(-c3ccc(-n4c5ccccc5c5c6c7ccccc7n(-c7ccccc7)c6ccc54)c(-c4nc(-c5ccccc5)cc(-c5ccccc5)n4)c3)n2)cc1. The molecule has 620 valence electrons. The lowest BCUT2D eigenvalue weighted by Crippen LogP contribution is -2.14. The summed E-state index contributed by atoms with van der Waals surface area (Å²) in [7, 11) is 0. The van der Waals surface area contributed by atoms with Crippen LogP contribution >= 0.6 is 0 Å². The number of benzene rings is 17. The zero-order valence-corrected chi connectivity index (χ0v) is 72.2. The summed E-state index contributed by atoms with van der Waals surface area (Å²) in [4.78, 5) is 42.7. The third-order valence-electron chi connectivity index (χ3n) is 25.8. The largest absolute Gasteiger partial charge is 0.309 e. The van der Waals surface area contributed by atoms with E-state index >= 15 is 0 Å². The number of nitrogens with zero attached hydrogens (tertiary/aromatic N) is 11. The third kappa shape index (κ3) is 13.8. The van der Waals surface area contributed by atoms with E-state index in [9.17, 15) is 0 Å². The normalized spacial score (nSPS) is 12.1. The van der Waals surface area contributed by atoms with Gasteiger partial charge >= 0.3 is 0 Å². The topological polar surface area (TPSA) is 118 Å². The van der Waals surface area contributed by atoms with Crippen molar-refractivity contribution in [3.8, 4) is 164 Å². The molecular formula is C121H81N11. The first-order valence-corrected chi connectivity index (χ1v) is 44.7. The lowest BCUT2D eigenvalue weighted by atomic mass is 9.82. The number of para-hydroxylation sites is 4. The molecule has 0 saturated carbocycles. The molecule has 17 aromatic carbocycles. The highest BCUT2D eigenvalue weighted by atomic mass is 15.0. The van der Waals surface area contributed by atoms with Gasteiger partial charge in [0.1, 0.15) is 0 Å². The fourth-order valence-electron chi connectivity index (χ4n) is 19.6. The lowest BCUT2D eigenvalue weighted by molar-refractivity contribution is 0.661. The molecule has 24 aromatic rings. The van der Waals surface area contributed by atoms with E-state index in [1.165, 1.54) is 49.2 Å². The van der Waals surface area contributed by atoms with Crippen LogP contribution in [0.15, 0.2) is 455 Å². The zero-order valence-electron chi connectivity index (χ0n) is 72.2. The minimum Gasteiger partial charge on any atom is -0.309 e. The Morgan fingerprint density at radius 2 is 0.470 bits per heavy atom. The zero-order chi connectivity index (χ0) is 87.7. The van der Waals surface area contributed by atoms with Gasteiger partial charge in [0.2, 0.25) is 0 Å². The smallest absolute Gasteiger partial charge is 0.162 e. The molecule has 11 heteroatoms. The van der Waals surface area contributed by atoms with Gasteiger partial charge in [-0.3, -0.25) is 0 Å². The number of rotatable bonds is 15. The van der Waals surface area contributed by atoms with E-state index < -0.39 is 0 Å². The Hall–Kier alpha value is -17.5. The van der Waals surface area contributed by atoms with Crippen molar-refractivity contribution in [2.75, 3.05) is 0 Å². The Bertz CT molecular complexity index is 8330. The standard InChI is InChI=1S/C62H40N6.C59H41N5/c1-6-20-41(21-7-1)50-39-51(42-22-8-2-9-23-42)64-61(63-50)45-34-35-56(49(38-45)62-65-52(43-24-10-3-11-25-43)40-53(66-62)44-26-12-4-13-27-44)68-55-33-19-17-31-48(55)60-58(68)37-36-57-59(60)47-30-16-18-32-54(47)67(57)46-28-14-5-15-29-46;1-59(2)46-29-17-15-27-43(46)55-47(59)32-34-54-56(55)44-28-16-18-30-52(44)64(54)53-33-31-42(58-61-48(38-19-7-3-8-20-38)36-49(62-58)39-21-9-4-10-22-39)35-45(53)51-37-50(40-23-11-5-12-24-40)60-57(63-51)41-25-13-6-14-26-41/h1-40H;3-37H,1-2H3. The van der Waals surface area contributed by atoms with Crippen LogP contribution in [0.3, 0.4) is 0 Å². The Labute approximate surface area is 763 Å². The first-order valence-electron chi connectivity index (χ1n) is 44.7. The van der Waals surface area contributed by atoms with Gasteiger partial charge in [-0.1, -0.05) is 360 Å². The molecule has 0 atom stereocenters. The molecule has 0 spiro atoms. The summed E-state index contributed by atoms with van der Waals surface area (Å²) in [6.45, 7) is 4.70. The maximum Gasteiger partial charge on any atom is 0.162 e. The monoisotopic (exact) mass is 1690 g/mol. The Kier molecular flexibility index (Phi) is 19.3. The van der Waals surface area contributed by atoms with E-state index in [1.807, 2.05) is 84.9 Å². The minimum atomic E-state index is -0.133. The van der Waals surface area contributed by atoms with Crippen molar-refractivity contribution in [1.29, 1.82) is 0 Å². The van der Waals surface area contributed by atoms with Gasteiger partial charge in [-0.15, -0.1) is 0 Å². The van der Waals surface area contributed by atoms with Crippen LogP contribution < -0.4 is 0 Å². The summed E-state index contributed by atoms with van der Waals surface area (Å²) in [5.74, 6) is 2.49. The highest BCUT2D eigenvalue weighted by molar-refractivity contribution is 6.29. The van der Waals surface area contributed by atoms with Crippen molar-refractivity contribution in [3.63, 3.8) is 0 Å². The molecule has 1 aliphatic carbocycles. The first kappa shape index (κ1) is 78.0. The molecule has 11 nitrogen and oxygen atoms in total. The quantitative estimate of drug-likeness (QED) is 0.0996. The summed E-state index contributed by atoms with van der Waals surface area (Å²) in [6.07, 6.45) is 0. The van der Waals surface area contributed by atoms with Crippen molar-refractivity contribution >= 4 is 65.4 Å². The van der Waals surface area contributed by atoms with Crippen LogP contribution in [0.5, 0.6) is 0 Å². The first-order chi connectivity index (χ1) is 65.2. The second-order valence-electron chi connectivity index (χ2n) is 34.0. The van der Waals surface area contributed by atoms with E-state index in [0.29, 0.717) is 23.3 Å². The molecule has 0 fully saturated rings. The lowest BCUT2D eigenvalue weighted by Gasteiger charge is -2.21. The van der Waals surface area contributed by atoms with Crippen molar-refractivity contribution in [2.24, 2.45) is 0 Å². The molecule has 0 radical (unpaired) electrons. The molecule has 0 unspecified atom stereocenters. The molecule has 0 saturated heterocycles. The second kappa shape index (κ2) is 32.7. The summed E-state index contributed by atoms with van der Waals surface area (Å²) in [5, 5.41) is 7.23. The van der Waals surface area contributed by atoms with Crippen LogP contribution in [0.1, 0.15) is 25.0 Å². The van der Waals surface area contributed by atoms with E-state index in [4.69, 9.17) is 39.9 Å². The van der Waals surface area contributed by atoms with Crippen LogP contribution in [0.2, 0.25) is 0 Å². The average Bonchev–Trinajstić information content (AvgIpc) is 1.54. The molecule has 0 amide bonds. The molecule has 0 aliphatic heterocycles. The van der Waals surface area contributed by atoms with Crippen molar-refractivity contribution in [1.82, 2.24) is 53.6 Å². The van der Waals surface area contributed by atoms with Gasteiger partial charge in [0.25, 0.3) is 0 Å². The molecular weight excluding hydrogens is 1610 g/mol. The van der Waals surface area contributed by atoms with E-state index in [1.54, 1.807) is 0 Å².